The first-order valence-corrected chi connectivity index (χ1v) is 8.52. The van der Waals surface area contributed by atoms with Crippen LogP contribution in [0.15, 0.2) is 46.7 Å². The maximum Gasteiger partial charge on any atom is 0.265 e. The molecule has 2 aromatic rings. The molecule has 0 aliphatic heterocycles. The number of nitrogens with one attached hydrogen (secondary N) is 1. The van der Waals surface area contributed by atoms with E-state index < -0.39 is 15.1 Å². The van der Waals surface area contributed by atoms with Gasteiger partial charge in [-0.2, -0.15) is 0 Å². The monoisotopic (exact) mass is 309 g/mol. The normalized spacial score (nSPS) is 11.6. The second kappa shape index (κ2) is 5.76. The zero-order chi connectivity index (χ0) is 14.8. The van der Waals surface area contributed by atoms with Crippen LogP contribution in [0, 0.1) is 0 Å². The highest BCUT2D eigenvalue weighted by Gasteiger charge is 2.18. The summed E-state index contributed by atoms with van der Waals surface area (Å²) in [4.78, 5) is 12.7. The fraction of sp³-hybridized carbons (Fsp3) is 0.214. The van der Waals surface area contributed by atoms with Crippen molar-refractivity contribution in [1.29, 1.82) is 0 Å². The molecule has 0 aliphatic rings. The first-order chi connectivity index (χ1) is 9.41. The van der Waals surface area contributed by atoms with Crippen molar-refractivity contribution in [3.63, 3.8) is 0 Å². The number of hydrogen-bond acceptors (Lipinski definition) is 4. The molecule has 1 amide bonds. The summed E-state index contributed by atoms with van der Waals surface area (Å²) in [7, 11) is -3.28. The number of anilines is 1. The first kappa shape index (κ1) is 14.7. The van der Waals surface area contributed by atoms with E-state index in [1.165, 1.54) is 23.5 Å². The van der Waals surface area contributed by atoms with Gasteiger partial charge in [0.1, 0.15) is 0 Å². The Morgan fingerprint density at radius 1 is 1.15 bits per heavy atom. The third-order valence-electron chi connectivity index (χ3n) is 2.81. The van der Waals surface area contributed by atoms with Crippen molar-refractivity contribution < 1.29 is 13.2 Å². The molecule has 2 rings (SSSR count). The van der Waals surface area contributed by atoms with Crippen molar-refractivity contribution in [2.45, 2.75) is 24.0 Å². The van der Waals surface area contributed by atoms with Gasteiger partial charge in [0, 0.05) is 5.69 Å². The summed E-state index contributed by atoms with van der Waals surface area (Å²) in [5.74, 6) is -0.195. The lowest BCUT2D eigenvalue weighted by Gasteiger charge is -2.09. The predicted molar refractivity (Wildman–Crippen MR) is 81.0 cm³/mol. The molecule has 0 bridgehead atoms. The quantitative estimate of drug-likeness (QED) is 0.943. The van der Waals surface area contributed by atoms with Gasteiger partial charge in [-0.3, -0.25) is 4.79 Å². The zero-order valence-electron chi connectivity index (χ0n) is 11.2. The number of amides is 1. The lowest BCUT2D eigenvalue weighted by atomic mass is 10.3. The highest BCUT2D eigenvalue weighted by Crippen LogP contribution is 2.19. The number of carbonyl (C=O) groups excluding carboxylic acids is 1. The van der Waals surface area contributed by atoms with Gasteiger partial charge in [-0.25, -0.2) is 8.42 Å². The van der Waals surface area contributed by atoms with E-state index in [9.17, 15) is 13.2 Å². The van der Waals surface area contributed by atoms with Crippen LogP contribution >= 0.6 is 11.3 Å². The van der Waals surface area contributed by atoms with Crippen LogP contribution in [0.4, 0.5) is 5.69 Å². The van der Waals surface area contributed by atoms with Crippen molar-refractivity contribution in [3.8, 4) is 0 Å². The summed E-state index contributed by atoms with van der Waals surface area (Å²) in [6.45, 7) is 3.28. The van der Waals surface area contributed by atoms with E-state index in [1.54, 1.807) is 38.1 Å². The Balaban J connectivity index is 2.15. The number of rotatable bonds is 4. The van der Waals surface area contributed by atoms with E-state index in [0.717, 1.165) is 0 Å². The largest absolute Gasteiger partial charge is 0.321 e. The van der Waals surface area contributed by atoms with E-state index in [1.807, 2.05) is 5.38 Å². The topological polar surface area (TPSA) is 63.2 Å². The number of carbonyl (C=O) groups is 1. The van der Waals surface area contributed by atoms with Crippen molar-refractivity contribution >= 4 is 32.8 Å². The Labute approximate surface area is 122 Å². The van der Waals surface area contributed by atoms with Crippen LogP contribution in [0.25, 0.3) is 0 Å². The summed E-state index contributed by atoms with van der Waals surface area (Å²) in [6, 6.07) is 9.76. The van der Waals surface area contributed by atoms with Gasteiger partial charge >= 0.3 is 0 Å². The first-order valence-electron chi connectivity index (χ1n) is 6.10. The van der Waals surface area contributed by atoms with Crippen LogP contribution in [0.5, 0.6) is 0 Å². The molecule has 1 aromatic heterocycles. The minimum absolute atomic E-state index is 0.195. The molecule has 0 aliphatic carbocycles. The molecule has 106 valence electrons. The molecule has 0 saturated heterocycles. The van der Waals surface area contributed by atoms with Crippen molar-refractivity contribution in [2.24, 2.45) is 0 Å². The average Bonchev–Trinajstić information content (AvgIpc) is 2.93. The zero-order valence-corrected chi connectivity index (χ0v) is 12.8. The molecule has 0 fully saturated rings. The maximum atomic E-state index is 12.0. The second-order valence-corrected chi connectivity index (χ2v) is 8.00. The maximum absolute atomic E-state index is 12.0. The van der Waals surface area contributed by atoms with Gasteiger partial charge in [0.25, 0.3) is 5.91 Å². The van der Waals surface area contributed by atoms with Gasteiger partial charge in [-0.05, 0) is 49.6 Å². The van der Waals surface area contributed by atoms with E-state index in [-0.39, 0.29) is 10.8 Å². The van der Waals surface area contributed by atoms with Gasteiger partial charge < -0.3 is 5.32 Å². The lowest BCUT2D eigenvalue weighted by Crippen LogP contribution is -2.14. The van der Waals surface area contributed by atoms with Gasteiger partial charge in [0.2, 0.25) is 0 Å². The smallest absolute Gasteiger partial charge is 0.265 e. The number of sulfone groups is 1. The molecular formula is C14H15NO3S2. The second-order valence-electron chi connectivity index (χ2n) is 4.55. The number of hydrogen-bond donors (Lipinski definition) is 1. The van der Waals surface area contributed by atoms with Crippen LogP contribution in [0.2, 0.25) is 0 Å². The molecule has 4 nitrogen and oxygen atoms in total. The van der Waals surface area contributed by atoms with Gasteiger partial charge in [-0.15, -0.1) is 11.3 Å². The lowest BCUT2D eigenvalue weighted by molar-refractivity contribution is 0.103. The Morgan fingerprint density at radius 2 is 1.80 bits per heavy atom. The number of thiophene rings is 1. The summed E-state index contributed by atoms with van der Waals surface area (Å²) in [5.41, 5.74) is 0.575. The van der Waals surface area contributed by atoms with E-state index in [2.05, 4.69) is 5.32 Å². The molecule has 6 heteroatoms. The molecular weight excluding hydrogens is 294 g/mol. The average molecular weight is 309 g/mol. The highest BCUT2D eigenvalue weighted by molar-refractivity contribution is 7.92. The third-order valence-corrected chi connectivity index (χ3v) is 5.85. The highest BCUT2D eigenvalue weighted by atomic mass is 32.2. The summed E-state index contributed by atoms with van der Waals surface area (Å²) >= 11 is 1.35. The molecule has 0 spiro atoms. The van der Waals surface area contributed by atoms with E-state index in [4.69, 9.17) is 0 Å². The van der Waals surface area contributed by atoms with Crippen LogP contribution in [0.1, 0.15) is 23.5 Å². The minimum Gasteiger partial charge on any atom is -0.321 e. The molecule has 0 saturated carbocycles. The van der Waals surface area contributed by atoms with Gasteiger partial charge in [0.05, 0.1) is 15.0 Å². The molecule has 1 N–H and O–H groups in total. The Morgan fingerprint density at radius 3 is 2.30 bits per heavy atom. The Bertz CT molecular complexity index is 687. The number of benzene rings is 1. The Hall–Kier alpha value is -1.66. The fourth-order valence-electron chi connectivity index (χ4n) is 1.60. The third kappa shape index (κ3) is 3.08. The van der Waals surface area contributed by atoms with Crippen molar-refractivity contribution in [1.82, 2.24) is 0 Å². The van der Waals surface area contributed by atoms with Crippen LogP contribution in [-0.2, 0) is 9.84 Å². The molecule has 0 atom stereocenters. The SMILES string of the molecule is CC(C)S(=O)(=O)c1ccc(NC(=O)c2cccs2)cc1. The van der Waals surface area contributed by atoms with Gasteiger partial charge in [0.15, 0.2) is 9.84 Å². The Kier molecular flexibility index (Phi) is 4.25. The molecule has 20 heavy (non-hydrogen) atoms. The standard InChI is InChI=1S/C14H15NO3S2/c1-10(2)20(17,18)12-7-5-11(6-8-12)15-14(16)13-4-3-9-19-13/h3-10H,1-2H3,(H,15,16). The summed E-state index contributed by atoms with van der Waals surface area (Å²) in [6.07, 6.45) is 0. The van der Waals surface area contributed by atoms with Gasteiger partial charge in [-0.1, -0.05) is 6.07 Å². The summed E-state index contributed by atoms with van der Waals surface area (Å²) in [5, 5.41) is 4.09. The summed E-state index contributed by atoms with van der Waals surface area (Å²) < 4.78 is 23.9. The molecule has 0 radical (unpaired) electrons. The van der Waals surface area contributed by atoms with Crippen molar-refractivity contribution in [3.05, 3.63) is 46.7 Å². The van der Waals surface area contributed by atoms with Crippen LogP contribution in [-0.4, -0.2) is 19.6 Å². The predicted octanol–water partition coefficient (Wildman–Crippen LogP) is 3.18. The molecule has 1 heterocycles. The molecule has 1 aromatic carbocycles. The van der Waals surface area contributed by atoms with Crippen LogP contribution in [0.3, 0.4) is 0 Å². The molecule has 0 unspecified atom stereocenters. The fourth-order valence-corrected chi connectivity index (χ4v) is 3.28. The van der Waals surface area contributed by atoms with E-state index in [0.29, 0.717) is 10.6 Å². The van der Waals surface area contributed by atoms with Crippen LogP contribution < -0.4 is 5.32 Å². The van der Waals surface area contributed by atoms with E-state index >= 15 is 0 Å². The minimum atomic E-state index is -3.28. The van der Waals surface area contributed by atoms with Crippen molar-refractivity contribution in [2.75, 3.05) is 5.32 Å².